The molecular formula is C12H10ClN3O2. The van der Waals surface area contributed by atoms with Gasteiger partial charge in [-0.2, -0.15) is 10.2 Å². The van der Waals surface area contributed by atoms with Crippen molar-refractivity contribution in [3.05, 3.63) is 40.5 Å². The summed E-state index contributed by atoms with van der Waals surface area (Å²) in [5.41, 5.74) is 0.300. The highest BCUT2D eigenvalue weighted by atomic mass is 35.5. The molecule has 6 heteroatoms. The fourth-order valence-corrected chi connectivity index (χ4v) is 1.57. The maximum absolute atomic E-state index is 8.97. The molecule has 0 aliphatic heterocycles. The Morgan fingerprint density at radius 3 is 3.00 bits per heavy atom. The van der Waals surface area contributed by atoms with E-state index in [1.807, 2.05) is 13.0 Å². The van der Waals surface area contributed by atoms with Crippen molar-refractivity contribution in [2.24, 2.45) is 0 Å². The summed E-state index contributed by atoms with van der Waals surface area (Å²) in [4.78, 5) is 4.10. The molecular weight excluding hydrogens is 254 g/mol. The number of hydrogen-bond donors (Lipinski definition) is 0. The molecule has 0 radical (unpaired) electrons. The molecule has 1 aromatic carbocycles. The van der Waals surface area contributed by atoms with Crippen molar-refractivity contribution in [2.75, 3.05) is 0 Å². The van der Waals surface area contributed by atoms with E-state index >= 15 is 0 Å². The first kappa shape index (κ1) is 12.4. The van der Waals surface area contributed by atoms with E-state index in [0.717, 1.165) is 0 Å². The number of aromatic nitrogens is 2. The lowest BCUT2D eigenvalue weighted by atomic mass is 10.2. The Morgan fingerprint density at radius 1 is 1.50 bits per heavy atom. The lowest BCUT2D eigenvalue weighted by molar-refractivity contribution is 0.242. The van der Waals surface area contributed by atoms with Gasteiger partial charge in [-0.15, -0.1) is 0 Å². The van der Waals surface area contributed by atoms with Crippen molar-refractivity contribution in [3.8, 4) is 11.8 Å². The molecule has 0 bridgehead atoms. The van der Waals surface area contributed by atoms with Crippen molar-refractivity contribution in [1.29, 1.82) is 5.26 Å². The van der Waals surface area contributed by atoms with Crippen LogP contribution in [0.2, 0.25) is 5.02 Å². The summed E-state index contributed by atoms with van der Waals surface area (Å²) < 4.78 is 10.4. The maximum atomic E-state index is 8.97. The van der Waals surface area contributed by atoms with Gasteiger partial charge in [-0.05, 0) is 12.1 Å². The third-order valence-corrected chi connectivity index (χ3v) is 2.58. The molecule has 0 atom stereocenters. The van der Waals surface area contributed by atoms with Gasteiger partial charge in [0.15, 0.2) is 12.4 Å². The molecule has 92 valence electrons. The fraction of sp³-hybridized carbons (Fsp3) is 0.250. The highest BCUT2D eigenvalue weighted by Gasteiger charge is 2.10. The molecule has 0 fully saturated rings. The lowest BCUT2D eigenvalue weighted by Crippen LogP contribution is -1.98. The van der Waals surface area contributed by atoms with Crippen LogP contribution in [0.25, 0.3) is 0 Å². The smallest absolute Gasteiger partial charge is 0.264 e. The van der Waals surface area contributed by atoms with E-state index in [2.05, 4.69) is 10.1 Å². The van der Waals surface area contributed by atoms with Gasteiger partial charge in [-0.1, -0.05) is 29.7 Å². The summed E-state index contributed by atoms with van der Waals surface area (Å²) in [5.74, 6) is 1.40. The first-order valence-corrected chi connectivity index (χ1v) is 5.75. The van der Waals surface area contributed by atoms with Crippen LogP contribution in [-0.2, 0) is 13.0 Å². The van der Waals surface area contributed by atoms with Gasteiger partial charge in [-0.25, -0.2) is 0 Å². The second-order valence-corrected chi connectivity index (χ2v) is 3.88. The fourth-order valence-electron chi connectivity index (χ4n) is 1.37. The minimum absolute atomic E-state index is 0.113. The average Bonchev–Trinajstić information content (AvgIpc) is 2.84. The van der Waals surface area contributed by atoms with Crippen molar-refractivity contribution < 1.29 is 9.26 Å². The van der Waals surface area contributed by atoms with Gasteiger partial charge in [0.1, 0.15) is 17.4 Å². The van der Waals surface area contributed by atoms with Gasteiger partial charge in [0, 0.05) is 6.42 Å². The van der Waals surface area contributed by atoms with Crippen LogP contribution >= 0.6 is 11.6 Å². The molecule has 2 aromatic rings. The monoisotopic (exact) mass is 263 g/mol. The summed E-state index contributed by atoms with van der Waals surface area (Å²) in [6.07, 6.45) is 0.699. The summed E-state index contributed by atoms with van der Waals surface area (Å²) >= 11 is 5.88. The highest BCUT2D eigenvalue weighted by Crippen LogP contribution is 2.25. The van der Waals surface area contributed by atoms with Crippen molar-refractivity contribution in [2.45, 2.75) is 20.0 Å². The zero-order chi connectivity index (χ0) is 13.0. The van der Waals surface area contributed by atoms with E-state index in [1.165, 1.54) is 0 Å². The maximum Gasteiger partial charge on any atom is 0.264 e. The van der Waals surface area contributed by atoms with Gasteiger partial charge >= 0.3 is 0 Å². The zero-order valence-corrected chi connectivity index (χ0v) is 10.4. The number of nitrogens with zero attached hydrogens (tertiary/aromatic N) is 3. The normalized spacial score (nSPS) is 10.1. The molecule has 1 heterocycles. The minimum atomic E-state index is 0.113. The molecule has 0 unspecified atom stereocenters. The summed E-state index contributed by atoms with van der Waals surface area (Å²) in [7, 11) is 0. The Bertz CT molecular complexity index is 589. The molecule has 0 amide bonds. The first-order valence-electron chi connectivity index (χ1n) is 5.37. The molecule has 2 rings (SSSR count). The Hall–Kier alpha value is -2.06. The number of halogens is 1. The van der Waals surface area contributed by atoms with Crippen LogP contribution in [0.3, 0.4) is 0 Å². The average molecular weight is 264 g/mol. The van der Waals surface area contributed by atoms with Crippen LogP contribution in [0, 0.1) is 11.3 Å². The van der Waals surface area contributed by atoms with Crippen molar-refractivity contribution in [3.63, 3.8) is 0 Å². The molecule has 0 saturated heterocycles. The number of ether oxygens (including phenoxy) is 1. The number of nitriles is 1. The number of aryl methyl sites for hydroxylation is 1. The van der Waals surface area contributed by atoms with Gasteiger partial charge < -0.3 is 9.26 Å². The molecule has 0 aliphatic rings. The van der Waals surface area contributed by atoms with Crippen LogP contribution in [0.4, 0.5) is 0 Å². The molecule has 18 heavy (non-hydrogen) atoms. The van der Waals surface area contributed by atoms with Crippen LogP contribution in [0.5, 0.6) is 5.75 Å². The summed E-state index contributed by atoms with van der Waals surface area (Å²) in [5, 5.41) is 13.1. The molecule has 0 aliphatic carbocycles. The third-order valence-electron chi connectivity index (χ3n) is 2.26. The lowest BCUT2D eigenvalue weighted by Gasteiger charge is -2.05. The number of hydrogen-bond acceptors (Lipinski definition) is 5. The Morgan fingerprint density at radius 2 is 2.33 bits per heavy atom. The Balaban J connectivity index is 2.11. The summed E-state index contributed by atoms with van der Waals surface area (Å²) in [6, 6.07) is 7.01. The van der Waals surface area contributed by atoms with Crippen LogP contribution in [-0.4, -0.2) is 10.1 Å². The van der Waals surface area contributed by atoms with Gasteiger partial charge in [0.05, 0.1) is 5.02 Å². The van der Waals surface area contributed by atoms with Gasteiger partial charge in [0.2, 0.25) is 0 Å². The molecule has 5 nitrogen and oxygen atoms in total. The van der Waals surface area contributed by atoms with E-state index in [4.69, 9.17) is 26.1 Å². The van der Waals surface area contributed by atoms with E-state index in [1.54, 1.807) is 18.2 Å². The first-order chi connectivity index (χ1) is 8.74. The van der Waals surface area contributed by atoms with E-state index in [9.17, 15) is 0 Å². The second kappa shape index (κ2) is 5.52. The van der Waals surface area contributed by atoms with Crippen molar-refractivity contribution >= 4 is 11.6 Å². The molecule has 0 spiro atoms. The topological polar surface area (TPSA) is 71.9 Å². The van der Waals surface area contributed by atoms with Crippen LogP contribution in [0.1, 0.15) is 24.2 Å². The summed E-state index contributed by atoms with van der Waals surface area (Å²) in [6.45, 7) is 2.04. The van der Waals surface area contributed by atoms with E-state index < -0.39 is 0 Å². The van der Waals surface area contributed by atoms with Crippen molar-refractivity contribution in [1.82, 2.24) is 10.1 Å². The molecule has 0 N–H and O–H groups in total. The highest BCUT2D eigenvalue weighted by molar-refractivity contribution is 6.31. The third kappa shape index (κ3) is 2.60. The predicted molar refractivity (Wildman–Crippen MR) is 64.2 cm³/mol. The van der Waals surface area contributed by atoms with Gasteiger partial charge in [0.25, 0.3) is 5.89 Å². The minimum Gasteiger partial charge on any atom is -0.482 e. The molecule has 1 aromatic heterocycles. The Labute approximate surface area is 109 Å². The number of rotatable bonds is 4. The number of benzene rings is 1. The molecule has 0 saturated carbocycles. The standard InChI is InChI=1S/C12H10ClN3O2/c1-2-11-15-12(18-16-11)7-17-10-5-3-4-9(13)8(10)6-14/h3-5H,2,7H2,1H3. The second-order valence-electron chi connectivity index (χ2n) is 3.47. The van der Waals surface area contributed by atoms with Crippen LogP contribution < -0.4 is 4.74 Å². The zero-order valence-electron chi connectivity index (χ0n) is 9.68. The largest absolute Gasteiger partial charge is 0.482 e. The van der Waals surface area contributed by atoms with E-state index in [-0.39, 0.29) is 6.61 Å². The van der Waals surface area contributed by atoms with Crippen LogP contribution in [0.15, 0.2) is 22.7 Å². The quantitative estimate of drug-likeness (QED) is 0.848. The van der Waals surface area contributed by atoms with Gasteiger partial charge in [-0.3, -0.25) is 0 Å². The Kier molecular flexibility index (Phi) is 3.80. The van der Waals surface area contributed by atoms with E-state index in [0.29, 0.717) is 34.5 Å². The predicted octanol–water partition coefficient (Wildman–Crippen LogP) is 2.74. The SMILES string of the molecule is CCc1noc(COc2cccc(Cl)c2C#N)n1.